The summed E-state index contributed by atoms with van der Waals surface area (Å²) in [6, 6.07) is 52.8. The van der Waals surface area contributed by atoms with Crippen LogP contribution in [0.3, 0.4) is 0 Å². The molecule has 4 heteroatoms. The Hall–Kier alpha value is -5.74. The largest absolute Gasteiger partial charge is 0.228 e. The van der Waals surface area contributed by atoms with E-state index in [0.717, 1.165) is 79.7 Å². The number of hydrogen-bond donors (Lipinski definition) is 0. The lowest BCUT2D eigenvalue weighted by atomic mass is 9.28. The molecule has 2 unspecified atom stereocenters. The summed E-state index contributed by atoms with van der Waals surface area (Å²) in [7, 11) is 0. The lowest BCUT2D eigenvalue weighted by molar-refractivity contribution is -0.219. The summed E-state index contributed by atoms with van der Waals surface area (Å²) in [4.78, 5) is 20.4. The minimum absolute atomic E-state index is 0.451. The van der Waals surface area contributed by atoms with Crippen molar-refractivity contribution >= 4 is 0 Å². The number of hydrogen-bond acceptors (Lipinski definition) is 4. The average molecular weight is 631 g/mol. The quantitative estimate of drug-likeness (QED) is 0.176. The van der Waals surface area contributed by atoms with Gasteiger partial charge in [0.15, 0.2) is 11.6 Å². The van der Waals surface area contributed by atoms with E-state index >= 15 is 0 Å². The van der Waals surface area contributed by atoms with E-state index in [2.05, 4.69) is 109 Å². The second-order valence-electron chi connectivity index (χ2n) is 14.0. The molecule has 0 aliphatic heterocycles. The fraction of sp³-hybridized carbons (Fsp3) is 0.156. The number of aromatic nitrogens is 4. The van der Waals surface area contributed by atoms with Crippen LogP contribution in [0, 0.1) is 17.8 Å². The Morgan fingerprint density at radius 3 is 1.24 bits per heavy atom. The molecule has 3 fully saturated rings. The molecule has 3 aliphatic carbocycles. The molecule has 0 saturated heterocycles. The van der Waals surface area contributed by atoms with Crippen LogP contribution in [-0.2, 0) is 5.41 Å². The van der Waals surface area contributed by atoms with Crippen molar-refractivity contribution in [1.29, 1.82) is 0 Å². The number of nitrogens with zero attached hydrogens (tertiary/aromatic N) is 4. The average Bonchev–Trinajstić information content (AvgIpc) is 3.18. The van der Waals surface area contributed by atoms with Gasteiger partial charge in [-0.25, -0.2) is 19.9 Å². The van der Waals surface area contributed by atoms with Gasteiger partial charge in [0.25, 0.3) is 0 Å². The van der Waals surface area contributed by atoms with E-state index in [9.17, 15) is 0 Å². The Morgan fingerprint density at radius 1 is 0.388 bits per heavy atom. The summed E-state index contributed by atoms with van der Waals surface area (Å²) in [6.07, 6.45) is 4.22. The predicted molar refractivity (Wildman–Crippen MR) is 196 cm³/mol. The van der Waals surface area contributed by atoms with Crippen LogP contribution in [0.4, 0.5) is 0 Å². The van der Waals surface area contributed by atoms with Gasteiger partial charge < -0.3 is 0 Å². The van der Waals surface area contributed by atoms with E-state index in [0.29, 0.717) is 11.2 Å². The maximum absolute atomic E-state index is 5.19. The van der Waals surface area contributed by atoms with Gasteiger partial charge in [-0.05, 0) is 66.2 Å². The van der Waals surface area contributed by atoms with Crippen molar-refractivity contribution in [2.45, 2.75) is 24.7 Å². The summed E-state index contributed by atoms with van der Waals surface area (Å²) in [5.74, 6) is 4.36. The predicted octanol–water partition coefficient (Wildman–Crippen LogP) is 10.6. The third-order valence-electron chi connectivity index (χ3n) is 11.3. The van der Waals surface area contributed by atoms with Gasteiger partial charge in [-0.15, -0.1) is 0 Å². The molecule has 3 saturated carbocycles. The van der Waals surface area contributed by atoms with Crippen molar-refractivity contribution in [3.8, 4) is 67.8 Å². The van der Waals surface area contributed by atoms with Gasteiger partial charge in [0.2, 0.25) is 0 Å². The first-order chi connectivity index (χ1) is 24.2. The molecular formula is C45H34N4. The van der Waals surface area contributed by atoms with Gasteiger partial charge >= 0.3 is 0 Å². The minimum Gasteiger partial charge on any atom is -0.228 e. The zero-order valence-electron chi connectivity index (χ0n) is 27.1. The molecule has 4 nitrogen and oxygen atoms in total. The first-order valence-corrected chi connectivity index (χ1v) is 17.4. The van der Waals surface area contributed by atoms with Crippen LogP contribution in [0.1, 0.15) is 24.8 Å². The Kier molecular flexibility index (Phi) is 6.45. The highest BCUT2D eigenvalue weighted by atomic mass is 14.9. The Morgan fingerprint density at radius 2 is 0.796 bits per heavy atom. The van der Waals surface area contributed by atoms with Crippen LogP contribution in [0.15, 0.2) is 152 Å². The number of rotatable bonds is 7. The molecule has 0 N–H and O–H groups in total. The normalized spacial score (nSPS) is 21.5. The second kappa shape index (κ2) is 11.2. The molecule has 49 heavy (non-hydrogen) atoms. The van der Waals surface area contributed by atoms with Crippen LogP contribution in [-0.4, -0.2) is 19.9 Å². The fourth-order valence-corrected chi connectivity index (χ4v) is 8.93. The van der Waals surface area contributed by atoms with Crippen molar-refractivity contribution < 1.29 is 0 Å². The molecule has 7 aromatic rings. The molecule has 10 rings (SSSR count). The standard InChI is InChI=1S/C45H34N4/c1-4-11-29(12-5-1)38-25-40(48-43(46-38)31-15-8-3-9-16-31)33-17-10-18-34(23-33)41-26-39(30-13-6-2-7-14-30)47-44(49-41)32-19-21-37(22-20-32)45-27-35-24-36(28-45)42(35)45/h1-23,25-26,35-36,42H,24,27-28H2. The Labute approximate surface area is 286 Å². The molecule has 0 radical (unpaired) electrons. The third-order valence-corrected chi connectivity index (χ3v) is 11.3. The van der Waals surface area contributed by atoms with Gasteiger partial charge in [0.1, 0.15) is 0 Å². The lowest BCUT2D eigenvalue weighted by Crippen LogP contribution is -2.71. The maximum atomic E-state index is 5.19. The monoisotopic (exact) mass is 630 g/mol. The van der Waals surface area contributed by atoms with Gasteiger partial charge in [0, 0.05) is 33.4 Å². The zero-order valence-corrected chi connectivity index (χ0v) is 27.1. The van der Waals surface area contributed by atoms with Crippen molar-refractivity contribution in [3.05, 3.63) is 157 Å². The third kappa shape index (κ3) is 4.74. The van der Waals surface area contributed by atoms with E-state index in [1.54, 1.807) is 0 Å². The van der Waals surface area contributed by atoms with E-state index in [4.69, 9.17) is 19.9 Å². The first-order valence-electron chi connectivity index (χ1n) is 17.4. The van der Waals surface area contributed by atoms with Gasteiger partial charge in [-0.3, -0.25) is 0 Å². The molecule has 2 heterocycles. The highest BCUT2D eigenvalue weighted by molar-refractivity contribution is 5.77. The van der Waals surface area contributed by atoms with Gasteiger partial charge in [0.05, 0.1) is 22.8 Å². The Bertz CT molecular complexity index is 2250. The zero-order chi connectivity index (χ0) is 32.4. The van der Waals surface area contributed by atoms with Crippen LogP contribution in [0.25, 0.3) is 67.8 Å². The molecule has 0 amide bonds. The van der Waals surface area contributed by atoms with Crippen molar-refractivity contribution in [2.75, 3.05) is 0 Å². The summed E-state index contributed by atoms with van der Waals surface area (Å²) in [5, 5.41) is 0. The summed E-state index contributed by atoms with van der Waals surface area (Å²) < 4.78 is 0. The summed E-state index contributed by atoms with van der Waals surface area (Å²) in [6.45, 7) is 0. The van der Waals surface area contributed by atoms with E-state index in [-0.39, 0.29) is 0 Å². The van der Waals surface area contributed by atoms with E-state index < -0.39 is 0 Å². The molecule has 5 aromatic carbocycles. The van der Waals surface area contributed by atoms with Crippen LogP contribution >= 0.6 is 0 Å². The number of benzene rings is 5. The summed E-state index contributed by atoms with van der Waals surface area (Å²) in [5.41, 5.74) is 11.7. The second-order valence-corrected chi connectivity index (χ2v) is 14.0. The fourth-order valence-electron chi connectivity index (χ4n) is 8.93. The molecule has 2 aromatic heterocycles. The highest BCUT2D eigenvalue weighted by Crippen LogP contribution is 2.77. The molecule has 3 aliphatic rings. The molecule has 0 spiro atoms. The summed E-state index contributed by atoms with van der Waals surface area (Å²) >= 11 is 0. The highest BCUT2D eigenvalue weighted by Gasteiger charge is 2.71. The molecular weight excluding hydrogens is 597 g/mol. The molecule has 0 bridgehead atoms. The topological polar surface area (TPSA) is 51.6 Å². The van der Waals surface area contributed by atoms with Gasteiger partial charge in [-0.1, -0.05) is 133 Å². The minimum atomic E-state index is 0.451. The van der Waals surface area contributed by atoms with Crippen LogP contribution < -0.4 is 0 Å². The lowest BCUT2D eigenvalue weighted by Gasteiger charge is -2.76. The smallest absolute Gasteiger partial charge is 0.160 e. The Balaban J connectivity index is 1.06. The van der Waals surface area contributed by atoms with Crippen molar-refractivity contribution in [3.63, 3.8) is 0 Å². The maximum Gasteiger partial charge on any atom is 0.160 e. The van der Waals surface area contributed by atoms with E-state index in [1.807, 2.05) is 42.5 Å². The van der Waals surface area contributed by atoms with Crippen molar-refractivity contribution in [2.24, 2.45) is 17.8 Å². The SMILES string of the molecule is c1ccc(-c2cc(-c3cccc(-c4cc(-c5ccccc5)nc(-c5ccc(C67CC8CC(C6)C87)cc5)n4)c3)nc(-c3ccccc3)n2)cc1. The van der Waals surface area contributed by atoms with Crippen LogP contribution in [0.5, 0.6) is 0 Å². The van der Waals surface area contributed by atoms with Crippen LogP contribution in [0.2, 0.25) is 0 Å². The van der Waals surface area contributed by atoms with Crippen molar-refractivity contribution in [1.82, 2.24) is 19.9 Å². The first kappa shape index (κ1) is 28.3. The molecule has 2 atom stereocenters. The van der Waals surface area contributed by atoms with Gasteiger partial charge in [-0.2, -0.15) is 0 Å². The molecule has 234 valence electrons. The van der Waals surface area contributed by atoms with E-state index in [1.165, 1.54) is 24.8 Å².